The topological polar surface area (TPSA) is 38.5 Å². The Morgan fingerprint density at radius 1 is 1.26 bits per heavy atom. The minimum Gasteiger partial charge on any atom is -0.496 e. The van der Waals surface area contributed by atoms with Crippen LogP contribution in [0.25, 0.3) is 0 Å². The highest BCUT2D eigenvalue weighted by Gasteiger charge is 2.36. The van der Waals surface area contributed by atoms with Gasteiger partial charge >= 0.3 is 0 Å². The molecule has 0 aliphatic heterocycles. The van der Waals surface area contributed by atoms with E-state index in [4.69, 9.17) is 10.5 Å². The molecule has 2 N–H and O–H groups in total. The smallest absolute Gasteiger partial charge is 0.122 e. The number of nitrogens with zero attached hydrogens (tertiary/aromatic N) is 1. The number of hydrogen-bond donors (Lipinski definition) is 1. The molecule has 0 saturated heterocycles. The summed E-state index contributed by atoms with van der Waals surface area (Å²) in [5.41, 5.74) is 10.1. The van der Waals surface area contributed by atoms with Crippen molar-refractivity contribution in [2.24, 2.45) is 11.1 Å². The fourth-order valence-corrected chi connectivity index (χ4v) is 3.11. The number of anilines is 1. The third kappa shape index (κ3) is 2.57. The maximum Gasteiger partial charge on any atom is 0.122 e. The standard InChI is InChI=1S/C16H26N2O/c1-12-13(2)15(19-4)7-6-14(12)18(3)11-16(10-17)8-5-9-16/h6-7H,5,8-11,17H2,1-4H3. The van der Waals surface area contributed by atoms with Crippen LogP contribution in [0.1, 0.15) is 30.4 Å². The van der Waals surface area contributed by atoms with Gasteiger partial charge in [0.25, 0.3) is 0 Å². The maximum absolute atomic E-state index is 5.96. The van der Waals surface area contributed by atoms with Gasteiger partial charge in [-0.05, 0) is 56.5 Å². The largest absolute Gasteiger partial charge is 0.496 e. The molecule has 0 aromatic heterocycles. The summed E-state index contributed by atoms with van der Waals surface area (Å²) in [5.74, 6) is 0.965. The highest BCUT2D eigenvalue weighted by Crippen LogP contribution is 2.41. The Labute approximate surface area is 116 Å². The van der Waals surface area contributed by atoms with E-state index in [1.165, 1.54) is 36.1 Å². The predicted molar refractivity (Wildman–Crippen MR) is 81.1 cm³/mol. The van der Waals surface area contributed by atoms with Crippen LogP contribution in [-0.4, -0.2) is 27.2 Å². The van der Waals surface area contributed by atoms with Gasteiger partial charge in [0, 0.05) is 24.7 Å². The van der Waals surface area contributed by atoms with Gasteiger partial charge in [0.1, 0.15) is 5.75 Å². The molecule has 1 aliphatic carbocycles. The maximum atomic E-state index is 5.96. The van der Waals surface area contributed by atoms with Crippen molar-refractivity contribution in [3.8, 4) is 5.75 Å². The van der Waals surface area contributed by atoms with Gasteiger partial charge in [-0.15, -0.1) is 0 Å². The van der Waals surface area contributed by atoms with Crippen LogP contribution in [0.3, 0.4) is 0 Å². The lowest BCUT2D eigenvalue weighted by Gasteiger charge is -2.44. The lowest BCUT2D eigenvalue weighted by Crippen LogP contribution is -2.46. The third-order valence-corrected chi connectivity index (χ3v) is 4.76. The van der Waals surface area contributed by atoms with Crippen molar-refractivity contribution in [3.63, 3.8) is 0 Å². The number of methoxy groups -OCH3 is 1. The molecular weight excluding hydrogens is 236 g/mol. The fraction of sp³-hybridized carbons (Fsp3) is 0.625. The number of ether oxygens (including phenoxy) is 1. The second kappa shape index (κ2) is 5.41. The Hall–Kier alpha value is -1.22. The second-order valence-corrected chi connectivity index (χ2v) is 5.95. The molecule has 0 radical (unpaired) electrons. The minimum absolute atomic E-state index is 0.342. The Kier molecular flexibility index (Phi) is 4.04. The normalized spacial score (nSPS) is 16.9. The van der Waals surface area contributed by atoms with Crippen LogP contribution >= 0.6 is 0 Å². The molecule has 1 fully saturated rings. The van der Waals surface area contributed by atoms with Gasteiger partial charge in [-0.25, -0.2) is 0 Å². The van der Waals surface area contributed by atoms with Crippen LogP contribution in [0.15, 0.2) is 12.1 Å². The molecule has 0 amide bonds. The van der Waals surface area contributed by atoms with Crippen LogP contribution in [-0.2, 0) is 0 Å². The Morgan fingerprint density at radius 3 is 2.42 bits per heavy atom. The lowest BCUT2D eigenvalue weighted by atomic mass is 9.68. The SMILES string of the molecule is COc1ccc(N(C)CC2(CN)CCC2)c(C)c1C. The van der Waals surface area contributed by atoms with E-state index in [2.05, 4.69) is 37.9 Å². The quantitative estimate of drug-likeness (QED) is 0.886. The fourth-order valence-electron chi connectivity index (χ4n) is 3.11. The molecular formula is C16H26N2O. The molecule has 106 valence electrons. The molecule has 3 nitrogen and oxygen atoms in total. The van der Waals surface area contributed by atoms with Gasteiger partial charge in [0.2, 0.25) is 0 Å². The van der Waals surface area contributed by atoms with E-state index in [-0.39, 0.29) is 0 Å². The van der Waals surface area contributed by atoms with E-state index in [0.717, 1.165) is 18.8 Å². The number of hydrogen-bond acceptors (Lipinski definition) is 3. The average Bonchev–Trinajstić information content (AvgIpc) is 2.36. The van der Waals surface area contributed by atoms with Crippen LogP contribution in [0, 0.1) is 19.3 Å². The second-order valence-electron chi connectivity index (χ2n) is 5.95. The van der Waals surface area contributed by atoms with Gasteiger partial charge in [0.05, 0.1) is 7.11 Å². The molecule has 0 bridgehead atoms. The summed E-state index contributed by atoms with van der Waals surface area (Å²) in [6.45, 7) is 6.13. The Balaban J connectivity index is 2.19. The molecule has 19 heavy (non-hydrogen) atoms. The molecule has 1 saturated carbocycles. The minimum atomic E-state index is 0.342. The van der Waals surface area contributed by atoms with Gasteiger partial charge in [-0.2, -0.15) is 0 Å². The van der Waals surface area contributed by atoms with Crippen molar-refractivity contribution < 1.29 is 4.74 Å². The van der Waals surface area contributed by atoms with E-state index in [0.29, 0.717) is 5.41 Å². The Morgan fingerprint density at radius 2 is 1.95 bits per heavy atom. The first-order valence-corrected chi connectivity index (χ1v) is 7.08. The summed E-state index contributed by atoms with van der Waals surface area (Å²) >= 11 is 0. The molecule has 0 spiro atoms. The predicted octanol–water partition coefficient (Wildman–Crippen LogP) is 2.88. The summed E-state index contributed by atoms with van der Waals surface area (Å²) < 4.78 is 5.38. The first kappa shape index (κ1) is 14.2. The van der Waals surface area contributed by atoms with Crippen LogP contribution in [0.5, 0.6) is 5.75 Å². The number of benzene rings is 1. The van der Waals surface area contributed by atoms with Gasteiger partial charge in [-0.1, -0.05) is 6.42 Å². The molecule has 1 aliphatic rings. The van der Waals surface area contributed by atoms with Crippen LogP contribution < -0.4 is 15.4 Å². The van der Waals surface area contributed by atoms with Gasteiger partial charge in [-0.3, -0.25) is 0 Å². The Bertz CT molecular complexity index is 447. The summed E-state index contributed by atoms with van der Waals surface area (Å²) in [4.78, 5) is 2.35. The lowest BCUT2D eigenvalue weighted by molar-refractivity contribution is 0.154. The number of rotatable bonds is 5. The zero-order valence-electron chi connectivity index (χ0n) is 12.6. The van der Waals surface area contributed by atoms with E-state index in [1.807, 2.05) is 0 Å². The molecule has 0 atom stereocenters. The van der Waals surface area contributed by atoms with Gasteiger partial charge < -0.3 is 15.4 Å². The molecule has 1 aromatic carbocycles. The summed E-state index contributed by atoms with van der Waals surface area (Å²) in [5, 5.41) is 0. The van der Waals surface area contributed by atoms with E-state index in [9.17, 15) is 0 Å². The molecule has 2 rings (SSSR count). The van der Waals surface area contributed by atoms with E-state index >= 15 is 0 Å². The van der Waals surface area contributed by atoms with Gasteiger partial charge in [0.15, 0.2) is 0 Å². The van der Waals surface area contributed by atoms with Crippen molar-refractivity contribution in [3.05, 3.63) is 23.3 Å². The van der Waals surface area contributed by atoms with E-state index in [1.54, 1.807) is 7.11 Å². The van der Waals surface area contributed by atoms with Crippen molar-refractivity contribution in [2.75, 3.05) is 32.1 Å². The van der Waals surface area contributed by atoms with Crippen LogP contribution in [0.4, 0.5) is 5.69 Å². The van der Waals surface area contributed by atoms with Crippen molar-refractivity contribution in [1.29, 1.82) is 0 Å². The molecule has 0 unspecified atom stereocenters. The number of nitrogens with two attached hydrogens (primary N) is 1. The molecule has 3 heteroatoms. The highest BCUT2D eigenvalue weighted by atomic mass is 16.5. The van der Waals surface area contributed by atoms with E-state index < -0.39 is 0 Å². The van der Waals surface area contributed by atoms with Crippen molar-refractivity contribution in [2.45, 2.75) is 33.1 Å². The van der Waals surface area contributed by atoms with Crippen LogP contribution in [0.2, 0.25) is 0 Å². The molecule has 0 heterocycles. The zero-order chi connectivity index (χ0) is 14.0. The first-order chi connectivity index (χ1) is 9.03. The average molecular weight is 262 g/mol. The summed E-state index contributed by atoms with van der Waals surface area (Å²) in [6, 6.07) is 4.22. The third-order valence-electron chi connectivity index (χ3n) is 4.76. The monoisotopic (exact) mass is 262 g/mol. The highest BCUT2D eigenvalue weighted by molar-refractivity contribution is 5.59. The zero-order valence-corrected chi connectivity index (χ0v) is 12.6. The molecule has 1 aromatic rings. The van der Waals surface area contributed by atoms with Crippen molar-refractivity contribution in [1.82, 2.24) is 0 Å². The summed E-state index contributed by atoms with van der Waals surface area (Å²) in [7, 11) is 3.90. The van der Waals surface area contributed by atoms with Crippen molar-refractivity contribution >= 4 is 5.69 Å². The first-order valence-electron chi connectivity index (χ1n) is 7.08. The summed E-state index contributed by atoms with van der Waals surface area (Å²) in [6.07, 6.45) is 3.86.